The maximum Gasteiger partial charge on any atom is 0.0200 e. The monoisotopic (exact) mass is 238 g/mol. The molecule has 1 saturated heterocycles. The van der Waals surface area contributed by atoms with Gasteiger partial charge in [0, 0.05) is 31.7 Å². The summed E-state index contributed by atoms with van der Waals surface area (Å²) in [5.74, 6) is 2.51. The second-order valence-corrected chi connectivity index (χ2v) is 6.99. The van der Waals surface area contributed by atoms with E-state index in [1.165, 1.54) is 38.9 Å². The summed E-state index contributed by atoms with van der Waals surface area (Å²) in [7, 11) is 0. The van der Waals surface area contributed by atoms with Crippen LogP contribution in [0, 0.1) is 17.8 Å². The molecular formula is C15H30N2. The average Bonchev–Trinajstić information content (AvgIpc) is 3.00. The molecule has 0 aromatic carbocycles. The van der Waals surface area contributed by atoms with Gasteiger partial charge in [0.05, 0.1) is 0 Å². The van der Waals surface area contributed by atoms with Gasteiger partial charge in [-0.2, -0.15) is 0 Å². The van der Waals surface area contributed by atoms with Crippen LogP contribution in [0.1, 0.15) is 47.0 Å². The topological polar surface area (TPSA) is 15.3 Å². The zero-order chi connectivity index (χ0) is 12.4. The summed E-state index contributed by atoms with van der Waals surface area (Å²) >= 11 is 0. The Balaban J connectivity index is 1.88. The molecule has 2 unspecified atom stereocenters. The summed E-state index contributed by atoms with van der Waals surface area (Å²) in [5, 5.41) is 3.84. The molecule has 2 nitrogen and oxygen atoms in total. The quantitative estimate of drug-likeness (QED) is 0.792. The third kappa shape index (κ3) is 4.26. The van der Waals surface area contributed by atoms with Crippen molar-refractivity contribution in [3.8, 4) is 0 Å². The van der Waals surface area contributed by atoms with Crippen molar-refractivity contribution >= 4 is 0 Å². The van der Waals surface area contributed by atoms with Crippen LogP contribution in [0.3, 0.4) is 0 Å². The molecule has 1 saturated carbocycles. The van der Waals surface area contributed by atoms with Crippen LogP contribution < -0.4 is 5.32 Å². The van der Waals surface area contributed by atoms with Gasteiger partial charge < -0.3 is 10.2 Å². The van der Waals surface area contributed by atoms with Crippen molar-refractivity contribution < 1.29 is 0 Å². The number of nitrogens with one attached hydrogen (secondary N) is 1. The molecule has 2 heteroatoms. The fourth-order valence-electron chi connectivity index (χ4n) is 3.08. The molecule has 2 rings (SSSR count). The smallest absolute Gasteiger partial charge is 0.0200 e. The molecule has 1 N–H and O–H groups in total. The standard InChI is InChI=1S/C15H30N2/c1-11(2)8-17-9-13(12(3)4)7-15(10-17)16-14-5-6-14/h11-16H,5-10H2,1-4H3. The highest BCUT2D eigenvalue weighted by atomic mass is 15.2. The molecule has 0 spiro atoms. The molecule has 0 radical (unpaired) electrons. The van der Waals surface area contributed by atoms with E-state index >= 15 is 0 Å². The Bertz CT molecular complexity index is 221. The van der Waals surface area contributed by atoms with Gasteiger partial charge in [-0.25, -0.2) is 0 Å². The van der Waals surface area contributed by atoms with E-state index in [9.17, 15) is 0 Å². The SMILES string of the molecule is CC(C)CN1CC(NC2CC2)CC(C(C)C)C1. The van der Waals surface area contributed by atoms with Gasteiger partial charge in [-0.15, -0.1) is 0 Å². The van der Waals surface area contributed by atoms with E-state index in [-0.39, 0.29) is 0 Å². The number of nitrogens with zero attached hydrogens (tertiary/aromatic N) is 1. The van der Waals surface area contributed by atoms with E-state index in [0.717, 1.165) is 29.8 Å². The molecular weight excluding hydrogens is 208 g/mol. The maximum atomic E-state index is 3.84. The van der Waals surface area contributed by atoms with E-state index in [0.29, 0.717) is 0 Å². The minimum atomic E-state index is 0.752. The van der Waals surface area contributed by atoms with Crippen LogP contribution >= 0.6 is 0 Å². The fourth-order valence-corrected chi connectivity index (χ4v) is 3.08. The number of likely N-dealkylation sites (tertiary alicyclic amines) is 1. The molecule has 2 atom stereocenters. The van der Waals surface area contributed by atoms with Gasteiger partial charge in [0.2, 0.25) is 0 Å². The van der Waals surface area contributed by atoms with Crippen LogP contribution in [0.15, 0.2) is 0 Å². The number of hydrogen-bond donors (Lipinski definition) is 1. The predicted octanol–water partition coefficient (Wildman–Crippen LogP) is 2.74. The lowest BCUT2D eigenvalue weighted by Gasteiger charge is -2.40. The molecule has 100 valence electrons. The van der Waals surface area contributed by atoms with Gasteiger partial charge in [0.25, 0.3) is 0 Å². The first-order valence-electron chi connectivity index (χ1n) is 7.53. The highest BCUT2D eigenvalue weighted by Gasteiger charge is 2.32. The van der Waals surface area contributed by atoms with Crippen molar-refractivity contribution in [2.75, 3.05) is 19.6 Å². The van der Waals surface area contributed by atoms with Gasteiger partial charge in [-0.05, 0) is 37.0 Å². The van der Waals surface area contributed by atoms with Crippen molar-refractivity contribution in [1.29, 1.82) is 0 Å². The average molecular weight is 238 g/mol. The van der Waals surface area contributed by atoms with Crippen molar-refractivity contribution in [2.45, 2.75) is 59.0 Å². The second kappa shape index (κ2) is 5.71. The largest absolute Gasteiger partial charge is 0.310 e. The minimum Gasteiger partial charge on any atom is -0.310 e. The fraction of sp³-hybridized carbons (Fsp3) is 1.00. The van der Waals surface area contributed by atoms with Gasteiger partial charge in [-0.1, -0.05) is 27.7 Å². The summed E-state index contributed by atoms with van der Waals surface area (Å²) in [6.45, 7) is 13.3. The Morgan fingerprint density at radius 3 is 2.29 bits per heavy atom. The summed E-state index contributed by atoms with van der Waals surface area (Å²) in [5.41, 5.74) is 0. The molecule has 2 fully saturated rings. The molecule has 17 heavy (non-hydrogen) atoms. The molecule has 1 aliphatic heterocycles. The van der Waals surface area contributed by atoms with Crippen LogP contribution in [0.2, 0.25) is 0 Å². The second-order valence-electron chi connectivity index (χ2n) is 6.99. The minimum absolute atomic E-state index is 0.752. The summed E-state index contributed by atoms with van der Waals surface area (Å²) in [6.07, 6.45) is 4.21. The third-order valence-corrected chi connectivity index (χ3v) is 4.17. The number of hydrogen-bond acceptors (Lipinski definition) is 2. The lowest BCUT2D eigenvalue weighted by Crippen LogP contribution is -2.51. The molecule has 0 aromatic heterocycles. The van der Waals surface area contributed by atoms with Crippen molar-refractivity contribution in [3.05, 3.63) is 0 Å². The summed E-state index contributed by atoms with van der Waals surface area (Å²) in [6, 6.07) is 1.61. The Morgan fingerprint density at radius 2 is 1.76 bits per heavy atom. The van der Waals surface area contributed by atoms with E-state index in [2.05, 4.69) is 37.9 Å². The molecule has 0 amide bonds. The van der Waals surface area contributed by atoms with Crippen molar-refractivity contribution in [3.63, 3.8) is 0 Å². The maximum absolute atomic E-state index is 3.84. The van der Waals surface area contributed by atoms with Gasteiger partial charge in [-0.3, -0.25) is 0 Å². The molecule has 1 aliphatic carbocycles. The molecule has 0 aromatic rings. The zero-order valence-electron chi connectivity index (χ0n) is 12.1. The summed E-state index contributed by atoms with van der Waals surface area (Å²) < 4.78 is 0. The van der Waals surface area contributed by atoms with Gasteiger partial charge in [0.1, 0.15) is 0 Å². The lowest BCUT2D eigenvalue weighted by atomic mass is 9.85. The highest BCUT2D eigenvalue weighted by Crippen LogP contribution is 2.27. The Hall–Kier alpha value is -0.0800. The van der Waals surface area contributed by atoms with Gasteiger partial charge >= 0.3 is 0 Å². The Morgan fingerprint density at radius 1 is 1.06 bits per heavy atom. The van der Waals surface area contributed by atoms with Crippen LogP contribution in [0.4, 0.5) is 0 Å². The number of rotatable bonds is 5. The first kappa shape index (κ1) is 13.4. The zero-order valence-corrected chi connectivity index (χ0v) is 12.1. The first-order valence-corrected chi connectivity index (χ1v) is 7.53. The van der Waals surface area contributed by atoms with E-state index in [1.807, 2.05) is 0 Å². The normalized spacial score (nSPS) is 31.4. The number of piperidine rings is 1. The van der Waals surface area contributed by atoms with Crippen LogP contribution in [-0.4, -0.2) is 36.6 Å². The predicted molar refractivity (Wildman–Crippen MR) is 74.2 cm³/mol. The van der Waals surface area contributed by atoms with Gasteiger partial charge in [0.15, 0.2) is 0 Å². The Kier molecular flexibility index (Phi) is 4.48. The van der Waals surface area contributed by atoms with Crippen LogP contribution in [-0.2, 0) is 0 Å². The molecule has 0 bridgehead atoms. The van der Waals surface area contributed by atoms with Crippen molar-refractivity contribution in [1.82, 2.24) is 10.2 Å². The van der Waals surface area contributed by atoms with Crippen LogP contribution in [0.5, 0.6) is 0 Å². The third-order valence-electron chi connectivity index (χ3n) is 4.17. The highest BCUT2D eigenvalue weighted by molar-refractivity contribution is 4.91. The van der Waals surface area contributed by atoms with E-state index in [4.69, 9.17) is 0 Å². The van der Waals surface area contributed by atoms with Crippen LogP contribution in [0.25, 0.3) is 0 Å². The van der Waals surface area contributed by atoms with Crippen molar-refractivity contribution in [2.24, 2.45) is 17.8 Å². The Labute approximate surface area is 107 Å². The van der Waals surface area contributed by atoms with E-state index < -0.39 is 0 Å². The molecule has 2 aliphatic rings. The first-order chi connectivity index (χ1) is 8.04. The lowest BCUT2D eigenvalue weighted by molar-refractivity contribution is 0.105. The summed E-state index contributed by atoms with van der Waals surface area (Å²) in [4.78, 5) is 2.69. The van der Waals surface area contributed by atoms with E-state index in [1.54, 1.807) is 0 Å². The molecule has 1 heterocycles.